The topological polar surface area (TPSA) is 54.5 Å². The zero-order valence-electron chi connectivity index (χ0n) is 14.0. The SMILES string of the molecule is CC(NCC1CCN(C(=O)OC(C)(C)C)CC1)c1nccs1. The second kappa shape index (κ2) is 7.42. The van der Waals surface area contributed by atoms with Gasteiger partial charge in [-0.25, -0.2) is 9.78 Å². The predicted molar refractivity (Wildman–Crippen MR) is 89.1 cm³/mol. The molecule has 0 spiro atoms. The number of aromatic nitrogens is 1. The van der Waals surface area contributed by atoms with Gasteiger partial charge in [-0.3, -0.25) is 0 Å². The van der Waals surface area contributed by atoms with Crippen molar-refractivity contribution in [3.8, 4) is 0 Å². The first kappa shape index (κ1) is 17.2. The highest BCUT2D eigenvalue weighted by atomic mass is 32.1. The van der Waals surface area contributed by atoms with Crippen LogP contribution < -0.4 is 5.32 Å². The number of hydrogen-bond acceptors (Lipinski definition) is 5. The van der Waals surface area contributed by atoms with E-state index in [1.807, 2.05) is 37.2 Å². The fraction of sp³-hybridized carbons (Fsp3) is 0.750. The number of rotatable bonds is 4. The molecule has 1 atom stereocenters. The summed E-state index contributed by atoms with van der Waals surface area (Å²) in [7, 11) is 0. The lowest BCUT2D eigenvalue weighted by atomic mass is 9.97. The largest absolute Gasteiger partial charge is 0.444 e. The first-order valence-electron chi connectivity index (χ1n) is 7.96. The molecular weight excluding hydrogens is 298 g/mol. The fourth-order valence-electron chi connectivity index (χ4n) is 2.53. The van der Waals surface area contributed by atoms with Gasteiger partial charge in [0.25, 0.3) is 0 Å². The number of nitrogens with zero attached hydrogens (tertiary/aromatic N) is 2. The minimum Gasteiger partial charge on any atom is -0.444 e. The molecule has 5 nitrogen and oxygen atoms in total. The Balaban J connectivity index is 1.70. The van der Waals surface area contributed by atoms with Crippen molar-refractivity contribution in [1.29, 1.82) is 0 Å². The highest BCUT2D eigenvalue weighted by Gasteiger charge is 2.26. The van der Waals surface area contributed by atoms with E-state index in [2.05, 4.69) is 17.2 Å². The van der Waals surface area contributed by atoms with Crippen LogP contribution in [0.2, 0.25) is 0 Å². The van der Waals surface area contributed by atoms with Crippen LogP contribution in [0.25, 0.3) is 0 Å². The lowest BCUT2D eigenvalue weighted by molar-refractivity contribution is 0.0183. The smallest absolute Gasteiger partial charge is 0.410 e. The summed E-state index contributed by atoms with van der Waals surface area (Å²) in [5.74, 6) is 0.612. The van der Waals surface area contributed by atoms with Gasteiger partial charge in [0.1, 0.15) is 10.6 Å². The molecule has 0 aliphatic carbocycles. The summed E-state index contributed by atoms with van der Waals surface area (Å²) in [5, 5.41) is 6.69. The van der Waals surface area contributed by atoms with Crippen LogP contribution in [0.4, 0.5) is 4.79 Å². The second-order valence-corrected chi connectivity index (χ2v) is 7.84. The molecule has 1 N–H and O–H groups in total. The Hall–Kier alpha value is -1.14. The molecule has 1 aliphatic rings. The lowest BCUT2D eigenvalue weighted by Crippen LogP contribution is -2.43. The van der Waals surface area contributed by atoms with E-state index < -0.39 is 5.60 Å². The van der Waals surface area contributed by atoms with Crippen molar-refractivity contribution in [2.75, 3.05) is 19.6 Å². The zero-order chi connectivity index (χ0) is 16.2. The standard InChI is InChI=1S/C16H27N3O2S/c1-12(14-17-7-10-22-14)18-11-13-5-8-19(9-6-13)15(20)21-16(2,3)4/h7,10,12-13,18H,5-6,8-9,11H2,1-4H3. The van der Waals surface area contributed by atoms with Gasteiger partial charge in [0.2, 0.25) is 0 Å². The third kappa shape index (κ3) is 5.25. The van der Waals surface area contributed by atoms with E-state index in [9.17, 15) is 4.79 Å². The molecule has 2 rings (SSSR count). The molecule has 124 valence electrons. The van der Waals surface area contributed by atoms with E-state index in [0.29, 0.717) is 12.0 Å². The molecule has 1 fully saturated rings. The third-order valence-corrected chi connectivity index (χ3v) is 4.76. The van der Waals surface area contributed by atoms with E-state index in [0.717, 1.165) is 37.5 Å². The van der Waals surface area contributed by atoms with Crippen molar-refractivity contribution in [3.63, 3.8) is 0 Å². The number of nitrogens with one attached hydrogen (secondary N) is 1. The van der Waals surface area contributed by atoms with E-state index >= 15 is 0 Å². The van der Waals surface area contributed by atoms with Crippen molar-refractivity contribution < 1.29 is 9.53 Å². The number of thiazole rings is 1. The van der Waals surface area contributed by atoms with Gasteiger partial charge in [-0.05, 0) is 53.0 Å². The molecule has 2 heterocycles. The molecule has 0 bridgehead atoms. The summed E-state index contributed by atoms with van der Waals surface area (Å²) < 4.78 is 5.42. The number of carbonyl (C=O) groups is 1. The maximum atomic E-state index is 12.0. The van der Waals surface area contributed by atoms with Crippen LogP contribution in [-0.4, -0.2) is 41.2 Å². The van der Waals surface area contributed by atoms with Crippen LogP contribution in [0.15, 0.2) is 11.6 Å². The van der Waals surface area contributed by atoms with Crippen LogP contribution in [0.5, 0.6) is 0 Å². The summed E-state index contributed by atoms with van der Waals surface area (Å²) >= 11 is 1.68. The monoisotopic (exact) mass is 325 g/mol. The average Bonchev–Trinajstić information content (AvgIpc) is 2.97. The number of amides is 1. The summed E-state index contributed by atoms with van der Waals surface area (Å²) in [6.45, 7) is 10.4. The van der Waals surface area contributed by atoms with Gasteiger partial charge in [0.05, 0.1) is 6.04 Å². The molecule has 1 saturated heterocycles. The van der Waals surface area contributed by atoms with Crippen molar-refractivity contribution in [2.24, 2.45) is 5.92 Å². The summed E-state index contributed by atoms with van der Waals surface area (Å²) in [4.78, 5) is 18.2. The van der Waals surface area contributed by atoms with Gasteiger partial charge in [0.15, 0.2) is 0 Å². The lowest BCUT2D eigenvalue weighted by Gasteiger charge is -2.33. The van der Waals surface area contributed by atoms with Crippen LogP contribution in [0.3, 0.4) is 0 Å². The van der Waals surface area contributed by atoms with Gasteiger partial charge >= 0.3 is 6.09 Å². The Morgan fingerprint density at radius 2 is 2.18 bits per heavy atom. The Labute approximate surface area is 137 Å². The van der Waals surface area contributed by atoms with Crippen molar-refractivity contribution >= 4 is 17.4 Å². The molecule has 0 aromatic carbocycles. The Morgan fingerprint density at radius 3 is 2.73 bits per heavy atom. The van der Waals surface area contributed by atoms with Crippen molar-refractivity contribution in [3.05, 3.63) is 16.6 Å². The van der Waals surface area contributed by atoms with E-state index in [-0.39, 0.29) is 6.09 Å². The molecule has 0 radical (unpaired) electrons. The molecule has 0 saturated carbocycles. The maximum absolute atomic E-state index is 12.0. The number of carbonyl (C=O) groups excluding carboxylic acids is 1. The maximum Gasteiger partial charge on any atom is 0.410 e. The van der Waals surface area contributed by atoms with E-state index in [1.165, 1.54) is 0 Å². The van der Waals surface area contributed by atoms with Crippen LogP contribution >= 0.6 is 11.3 Å². The highest BCUT2D eigenvalue weighted by molar-refractivity contribution is 7.09. The van der Waals surface area contributed by atoms with Crippen LogP contribution in [0, 0.1) is 5.92 Å². The minimum atomic E-state index is -0.418. The Morgan fingerprint density at radius 1 is 1.50 bits per heavy atom. The van der Waals surface area contributed by atoms with E-state index in [1.54, 1.807) is 11.3 Å². The van der Waals surface area contributed by atoms with E-state index in [4.69, 9.17) is 4.74 Å². The normalized spacial score (nSPS) is 18.3. The number of piperidine rings is 1. The molecule has 1 unspecified atom stereocenters. The van der Waals surface area contributed by atoms with Crippen LogP contribution in [-0.2, 0) is 4.74 Å². The molecule has 1 aromatic heterocycles. The first-order chi connectivity index (χ1) is 10.3. The average molecular weight is 325 g/mol. The van der Waals surface area contributed by atoms with Gasteiger partial charge in [-0.1, -0.05) is 0 Å². The van der Waals surface area contributed by atoms with Crippen molar-refractivity contribution in [1.82, 2.24) is 15.2 Å². The molecule has 1 aromatic rings. The molecule has 22 heavy (non-hydrogen) atoms. The summed E-state index contributed by atoms with van der Waals surface area (Å²) in [5.41, 5.74) is -0.418. The Kier molecular flexibility index (Phi) is 5.81. The zero-order valence-corrected chi connectivity index (χ0v) is 14.8. The number of ether oxygens (including phenoxy) is 1. The van der Waals surface area contributed by atoms with Gasteiger partial charge < -0.3 is 15.0 Å². The van der Waals surface area contributed by atoms with Gasteiger partial charge in [-0.2, -0.15) is 0 Å². The van der Waals surface area contributed by atoms with Crippen LogP contribution in [0.1, 0.15) is 51.6 Å². The second-order valence-electron chi connectivity index (χ2n) is 6.91. The predicted octanol–water partition coefficient (Wildman–Crippen LogP) is 3.44. The highest BCUT2D eigenvalue weighted by Crippen LogP contribution is 2.21. The fourth-order valence-corrected chi connectivity index (χ4v) is 3.20. The molecule has 6 heteroatoms. The van der Waals surface area contributed by atoms with Gasteiger partial charge in [-0.15, -0.1) is 11.3 Å². The Bertz CT molecular complexity index is 462. The van der Waals surface area contributed by atoms with Crippen molar-refractivity contribution in [2.45, 2.75) is 52.2 Å². The third-order valence-electron chi connectivity index (χ3n) is 3.80. The van der Waals surface area contributed by atoms with Gasteiger partial charge in [0, 0.05) is 24.7 Å². The molecular formula is C16H27N3O2S. The molecule has 1 amide bonds. The summed E-state index contributed by atoms with van der Waals surface area (Å²) in [6, 6.07) is 0.295. The quantitative estimate of drug-likeness (QED) is 0.921. The molecule has 1 aliphatic heterocycles. The summed E-state index contributed by atoms with van der Waals surface area (Å²) in [6.07, 6.45) is 3.71. The number of hydrogen-bond donors (Lipinski definition) is 1. The number of likely N-dealkylation sites (tertiary alicyclic amines) is 1. The first-order valence-corrected chi connectivity index (χ1v) is 8.84. The minimum absolute atomic E-state index is 0.185.